The van der Waals surface area contributed by atoms with Gasteiger partial charge in [0.25, 0.3) is 10.1 Å². The third-order valence-corrected chi connectivity index (χ3v) is 6.39. The van der Waals surface area contributed by atoms with Crippen LogP contribution in [0.4, 0.5) is 0 Å². The molecule has 0 saturated heterocycles. The maximum atomic E-state index is 11.7. The van der Waals surface area contributed by atoms with Crippen LogP contribution in [0.5, 0.6) is 0 Å². The summed E-state index contributed by atoms with van der Waals surface area (Å²) in [5.41, 5.74) is 1.20. The van der Waals surface area contributed by atoms with Gasteiger partial charge in [0.2, 0.25) is 0 Å². The summed E-state index contributed by atoms with van der Waals surface area (Å²) >= 11 is 0. The fraction of sp³-hybridized carbons (Fsp3) is 0.714. The van der Waals surface area contributed by atoms with E-state index >= 15 is 0 Å². The molecule has 0 radical (unpaired) electrons. The number of hydrogen-bond donors (Lipinski definition) is 0. The third-order valence-electron chi connectivity index (χ3n) is 5.10. The number of benzene rings is 1. The Bertz CT molecular complexity index is 563. The zero-order chi connectivity index (χ0) is 18.7. The van der Waals surface area contributed by atoms with Crippen LogP contribution in [0.15, 0.2) is 29.2 Å². The monoisotopic (exact) mass is 368 g/mol. The molecule has 0 aromatic heterocycles. The maximum absolute atomic E-state index is 11.7. The van der Waals surface area contributed by atoms with Gasteiger partial charge in [-0.2, -0.15) is 8.42 Å². The minimum atomic E-state index is -3.59. The van der Waals surface area contributed by atoms with Crippen molar-refractivity contribution >= 4 is 10.1 Å². The Morgan fingerprint density at radius 1 is 0.880 bits per heavy atom. The largest absolute Gasteiger partial charge is 0.296 e. The smallest absolute Gasteiger partial charge is 0.270 e. The highest BCUT2D eigenvalue weighted by Crippen LogP contribution is 2.26. The molecule has 0 fully saturated rings. The molecule has 1 aromatic rings. The molecule has 1 aromatic carbocycles. The minimum absolute atomic E-state index is 0.224. The standard InChI is InChI=1S/C21H36O3S/c1-5-6-7-8-9-10-11-18(2)12-13-19(3)20-14-16-21(17-15-20)25(22,23)24-4/h14-19H,5-13H2,1-4H3. The fourth-order valence-electron chi connectivity index (χ4n) is 3.18. The average molecular weight is 369 g/mol. The van der Waals surface area contributed by atoms with E-state index in [1.54, 1.807) is 12.1 Å². The van der Waals surface area contributed by atoms with Gasteiger partial charge < -0.3 is 0 Å². The summed E-state index contributed by atoms with van der Waals surface area (Å²) in [5, 5.41) is 0. The lowest BCUT2D eigenvalue weighted by atomic mass is 9.90. The molecular weight excluding hydrogens is 332 g/mol. The Morgan fingerprint density at radius 3 is 2.08 bits per heavy atom. The van der Waals surface area contributed by atoms with Crippen LogP contribution in [0.1, 0.15) is 90.0 Å². The van der Waals surface area contributed by atoms with Gasteiger partial charge in [-0.25, -0.2) is 0 Å². The summed E-state index contributed by atoms with van der Waals surface area (Å²) in [4.78, 5) is 0.224. The quantitative estimate of drug-likeness (QED) is 0.303. The second kappa shape index (κ2) is 11.7. The Balaban J connectivity index is 2.32. The lowest BCUT2D eigenvalue weighted by molar-refractivity contribution is 0.397. The molecule has 0 N–H and O–H groups in total. The number of unbranched alkanes of at least 4 members (excludes halogenated alkanes) is 5. The van der Waals surface area contributed by atoms with Gasteiger partial charge in [0.05, 0.1) is 12.0 Å². The van der Waals surface area contributed by atoms with E-state index in [0.29, 0.717) is 5.92 Å². The van der Waals surface area contributed by atoms with Crippen LogP contribution >= 0.6 is 0 Å². The van der Waals surface area contributed by atoms with E-state index in [1.165, 1.54) is 64.0 Å². The fourth-order valence-corrected chi connectivity index (χ4v) is 3.84. The summed E-state index contributed by atoms with van der Waals surface area (Å²) in [5.74, 6) is 1.22. The van der Waals surface area contributed by atoms with E-state index in [4.69, 9.17) is 0 Å². The second-order valence-corrected chi connectivity index (χ2v) is 9.04. The van der Waals surface area contributed by atoms with Gasteiger partial charge in [-0.1, -0.05) is 84.3 Å². The lowest BCUT2D eigenvalue weighted by Crippen LogP contribution is -2.04. The lowest BCUT2D eigenvalue weighted by Gasteiger charge is -2.16. The summed E-state index contributed by atoms with van der Waals surface area (Å²) in [6.07, 6.45) is 11.9. The highest BCUT2D eigenvalue weighted by Gasteiger charge is 2.14. The Hall–Kier alpha value is -0.870. The van der Waals surface area contributed by atoms with Crippen LogP contribution in [0.3, 0.4) is 0 Å². The molecule has 0 amide bonds. The molecule has 0 saturated carbocycles. The molecule has 25 heavy (non-hydrogen) atoms. The van der Waals surface area contributed by atoms with Crippen molar-refractivity contribution < 1.29 is 12.6 Å². The molecule has 2 unspecified atom stereocenters. The molecule has 3 nitrogen and oxygen atoms in total. The first-order chi connectivity index (χ1) is 11.9. The van der Waals surface area contributed by atoms with Crippen molar-refractivity contribution in [3.05, 3.63) is 29.8 Å². The van der Waals surface area contributed by atoms with Crippen molar-refractivity contribution in [2.75, 3.05) is 7.11 Å². The summed E-state index contributed by atoms with van der Waals surface area (Å²) in [6, 6.07) is 7.11. The predicted octanol–water partition coefficient (Wildman–Crippen LogP) is 6.29. The first-order valence-corrected chi connectivity index (χ1v) is 11.2. The van der Waals surface area contributed by atoms with Gasteiger partial charge >= 0.3 is 0 Å². The molecule has 2 atom stereocenters. The second-order valence-electron chi connectivity index (χ2n) is 7.33. The van der Waals surface area contributed by atoms with Crippen LogP contribution in [0, 0.1) is 5.92 Å². The van der Waals surface area contributed by atoms with Crippen molar-refractivity contribution in [1.82, 2.24) is 0 Å². The van der Waals surface area contributed by atoms with Gasteiger partial charge in [0.1, 0.15) is 0 Å². The molecule has 0 aliphatic heterocycles. The molecule has 0 bridgehead atoms. The summed E-state index contributed by atoms with van der Waals surface area (Å²) in [6.45, 7) is 6.83. The minimum Gasteiger partial charge on any atom is -0.270 e. The molecule has 1 rings (SSSR count). The van der Waals surface area contributed by atoms with Gasteiger partial charge in [0.15, 0.2) is 0 Å². The van der Waals surface area contributed by atoms with E-state index in [2.05, 4.69) is 25.0 Å². The van der Waals surface area contributed by atoms with E-state index in [0.717, 1.165) is 12.3 Å². The molecular formula is C21H36O3S. The molecule has 144 valence electrons. The summed E-state index contributed by atoms with van der Waals surface area (Å²) in [7, 11) is -2.39. The topological polar surface area (TPSA) is 43.4 Å². The number of rotatable bonds is 13. The van der Waals surface area contributed by atoms with Gasteiger partial charge in [0, 0.05) is 0 Å². The molecule has 4 heteroatoms. The first kappa shape index (κ1) is 22.2. The summed E-state index contributed by atoms with van der Waals surface area (Å²) < 4.78 is 27.9. The number of hydrogen-bond acceptors (Lipinski definition) is 3. The van der Waals surface area contributed by atoms with Crippen molar-refractivity contribution in [2.45, 2.75) is 89.4 Å². The van der Waals surface area contributed by atoms with E-state index in [9.17, 15) is 8.42 Å². The van der Waals surface area contributed by atoms with Crippen molar-refractivity contribution in [1.29, 1.82) is 0 Å². The van der Waals surface area contributed by atoms with E-state index < -0.39 is 10.1 Å². The maximum Gasteiger partial charge on any atom is 0.296 e. The Morgan fingerprint density at radius 2 is 1.48 bits per heavy atom. The Kier molecular flexibility index (Phi) is 10.4. The van der Waals surface area contributed by atoms with Gasteiger partial charge in [-0.15, -0.1) is 0 Å². The van der Waals surface area contributed by atoms with Gasteiger partial charge in [-0.05, 0) is 36.0 Å². The predicted molar refractivity (Wildman–Crippen MR) is 105 cm³/mol. The van der Waals surface area contributed by atoms with Crippen molar-refractivity contribution in [3.63, 3.8) is 0 Å². The van der Waals surface area contributed by atoms with Crippen LogP contribution in [-0.2, 0) is 14.3 Å². The van der Waals surface area contributed by atoms with E-state index in [-0.39, 0.29) is 4.90 Å². The highest BCUT2D eigenvalue weighted by molar-refractivity contribution is 7.86. The third kappa shape index (κ3) is 8.37. The highest BCUT2D eigenvalue weighted by atomic mass is 32.2. The average Bonchev–Trinajstić information content (AvgIpc) is 2.62. The van der Waals surface area contributed by atoms with Crippen LogP contribution < -0.4 is 0 Å². The molecule has 0 aliphatic rings. The molecule has 0 spiro atoms. The van der Waals surface area contributed by atoms with Crippen molar-refractivity contribution in [3.8, 4) is 0 Å². The van der Waals surface area contributed by atoms with Crippen LogP contribution in [0.2, 0.25) is 0 Å². The molecule has 0 heterocycles. The van der Waals surface area contributed by atoms with Crippen LogP contribution in [-0.4, -0.2) is 15.5 Å². The van der Waals surface area contributed by atoms with Crippen LogP contribution in [0.25, 0.3) is 0 Å². The van der Waals surface area contributed by atoms with Gasteiger partial charge in [-0.3, -0.25) is 4.18 Å². The SMILES string of the molecule is CCCCCCCCC(C)CCC(C)c1ccc(S(=O)(=O)OC)cc1. The molecule has 0 aliphatic carbocycles. The normalized spacial score (nSPS) is 14.4. The van der Waals surface area contributed by atoms with Crippen molar-refractivity contribution in [2.24, 2.45) is 5.92 Å². The zero-order valence-electron chi connectivity index (χ0n) is 16.5. The Labute approximate surface area is 155 Å². The zero-order valence-corrected chi connectivity index (χ0v) is 17.3. The van der Waals surface area contributed by atoms with E-state index in [1.807, 2.05) is 12.1 Å². The first-order valence-electron chi connectivity index (χ1n) is 9.81.